The van der Waals surface area contributed by atoms with Crippen LogP contribution in [-0.2, 0) is 0 Å². The van der Waals surface area contributed by atoms with E-state index in [-0.39, 0.29) is 0 Å². The third-order valence-corrected chi connectivity index (χ3v) is 12.4. The zero-order valence-electron chi connectivity index (χ0n) is 5.64. The van der Waals surface area contributed by atoms with Gasteiger partial charge in [0.25, 0.3) is 0 Å². The van der Waals surface area contributed by atoms with E-state index in [4.69, 9.17) is 0 Å². The van der Waals surface area contributed by atoms with Crippen molar-refractivity contribution in [3.63, 3.8) is 0 Å². The minimum absolute atomic E-state index is 1.97. The van der Waals surface area contributed by atoms with Crippen molar-refractivity contribution >= 4 is 21.2 Å². The average Bonchev–Trinajstić information content (AvgIpc) is 1.95. The van der Waals surface area contributed by atoms with E-state index >= 15 is 0 Å². The first-order chi connectivity index (χ1) is 4.24. The normalized spacial score (nSPS) is 9.78. The predicted octanol–water partition coefficient (Wildman–Crippen LogP) is 2.34. The number of hydrogen-bond donors (Lipinski definition) is 0. The molecular weight excluding hydrogens is 303 g/mol. The first-order valence-corrected chi connectivity index (χ1v) is 11.8. The van der Waals surface area contributed by atoms with Crippen molar-refractivity contribution in [3.05, 3.63) is 40.9 Å². The standard InChI is InChI=1S/4C2H3.Pb/c4*1-2;/h4*1H,2H2;. The number of hydrogen-bond acceptors (Lipinski definition) is 0. The summed E-state index contributed by atoms with van der Waals surface area (Å²) in [7, 11) is 0. The molecule has 0 bridgehead atoms. The molecule has 0 fully saturated rings. The summed E-state index contributed by atoms with van der Waals surface area (Å²) in [6, 6.07) is 0. The summed E-state index contributed by atoms with van der Waals surface area (Å²) in [6.45, 7) is 14.9. The quantitative estimate of drug-likeness (QED) is 0.699. The second-order valence-corrected chi connectivity index (χ2v) is 15.9. The second kappa shape index (κ2) is 3.82. The topological polar surface area (TPSA) is 0 Å². The molecule has 0 saturated heterocycles. The molecule has 0 aromatic carbocycles. The van der Waals surface area contributed by atoms with Gasteiger partial charge in [-0.3, -0.25) is 0 Å². The third kappa shape index (κ3) is 1.93. The Morgan fingerprint density at radius 1 is 0.667 bits per heavy atom. The second-order valence-electron chi connectivity index (χ2n) is 1.82. The van der Waals surface area contributed by atoms with Gasteiger partial charge >= 0.3 is 62.0 Å². The van der Waals surface area contributed by atoms with Gasteiger partial charge in [-0.2, -0.15) is 0 Å². The van der Waals surface area contributed by atoms with Crippen LogP contribution in [0.5, 0.6) is 0 Å². The molecule has 0 unspecified atom stereocenters. The molecule has 0 aliphatic carbocycles. The Hall–Kier alpha value is -0.118. The van der Waals surface area contributed by atoms with Crippen LogP contribution in [0.15, 0.2) is 40.9 Å². The van der Waals surface area contributed by atoms with E-state index in [1.165, 1.54) is 0 Å². The summed E-state index contributed by atoms with van der Waals surface area (Å²) in [4.78, 5) is 0. The Labute approximate surface area is 61.9 Å². The molecule has 0 atom stereocenters. The van der Waals surface area contributed by atoms with Crippen LogP contribution in [0.1, 0.15) is 0 Å². The summed E-state index contributed by atoms with van der Waals surface area (Å²) in [5.74, 6) is 0. The third-order valence-electron chi connectivity index (χ3n) is 1.41. The van der Waals surface area contributed by atoms with Crippen LogP contribution >= 0.6 is 0 Å². The van der Waals surface area contributed by atoms with Crippen molar-refractivity contribution in [1.82, 2.24) is 0 Å². The Balaban J connectivity index is 4.53. The van der Waals surface area contributed by atoms with Gasteiger partial charge in [0, 0.05) is 0 Å². The van der Waals surface area contributed by atoms with Crippen LogP contribution in [0.4, 0.5) is 0 Å². The van der Waals surface area contributed by atoms with E-state index < -0.39 is 21.2 Å². The summed E-state index contributed by atoms with van der Waals surface area (Å²) in [5, 5.41) is 0. The fourth-order valence-electron chi connectivity index (χ4n) is 0.500. The monoisotopic (exact) mass is 316 g/mol. The molecule has 1 heteroatoms. The molecule has 0 saturated carbocycles. The molecule has 0 aromatic rings. The van der Waals surface area contributed by atoms with Gasteiger partial charge in [0.15, 0.2) is 0 Å². The average molecular weight is 315 g/mol. The SMILES string of the molecule is C=[CH][Pb]([CH]=C)([CH]=C)[CH]=C. The van der Waals surface area contributed by atoms with Crippen molar-refractivity contribution < 1.29 is 0 Å². The Morgan fingerprint density at radius 3 is 0.889 bits per heavy atom. The van der Waals surface area contributed by atoms with E-state index in [2.05, 4.69) is 26.3 Å². The summed E-state index contributed by atoms with van der Waals surface area (Å²) in [5.41, 5.74) is 0. The molecule has 48 valence electrons. The van der Waals surface area contributed by atoms with Gasteiger partial charge in [-0.05, 0) is 0 Å². The van der Waals surface area contributed by atoms with E-state index in [1.807, 2.05) is 14.5 Å². The maximum atomic E-state index is 3.73. The Morgan fingerprint density at radius 2 is 0.889 bits per heavy atom. The van der Waals surface area contributed by atoms with Crippen LogP contribution < -0.4 is 0 Å². The van der Waals surface area contributed by atoms with E-state index in [0.29, 0.717) is 0 Å². The zero-order chi connectivity index (χ0) is 7.33. The van der Waals surface area contributed by atoms with Gasteiger partial charge in [-0.1, -0.05) is 0 Å². The van der Waals surface area contributed by atoms with Crippen LogP contribution in [0.25, 0.3) is 0 Å². The van der Waals surface area contributed by atoms with Crippen LogP contribution in [0.2, 0.25) is 0 Å². The number of rotatable bonds is 4. The molecule has 0 aliphatic heterocycles. The van der Waals surface area contributed by atoms with Crippen molar-refractivity contribution in [2.24, 2.45) is 0 Å². The molecule has 0 aliphatic rings. The minimum atomic E-state index is -2.45. The van der Waals surface area contributed by atoms with Crippen LogP contribution in [0.3, 0.4) is 0 Å². The van der Waals surface area contributed by atoms with Gasteiger partial charge < -0.3 is 0 Å². The molecular formula is C8H12Pb. The summed E-state index contributed by atoms with van der Waals surface area (Å²) < 4.78 is 7.89. The van der Waals surface area contributed by atoms with Gasteiger partial charge in [0.2, 0.25) is 0 Å². The van der Waals surface area contributed by atoms with Gasteiger partial charge in [-0.15, -0.1) is 0 Å². The Bertz CT molecular complexity index is 107. The molecule has 9 heavy (non-hydrogen) atoms. The molecule has 0 radical (unpaired) electrons. The van der Waals surface area contributed by atoms with E-state index in [9.17, 15) is 0 Å². The Kier molecular flexibility index (Phi) is 3.77. The van der Waals surface area contributed by atoms with Gasteiger partial charge in [0.05, 0.1) is 0 Å². The van der Waals surface area contributed by atoms with Crippen LogP contribution in [-0.4, -0.2) is 21.2 Å². The molecule has 0 spiro atoms. The molecule has 0 heterocycles. The molecule has 0 N–H and O–H groups in total. The molecule has 0 rings (SSSR count). The van der Waals surface area contributed by atoms with E-state index in [1.54, 1.807) is 0 Å². The first-order valence-electron chi connectivity index (χ1n) is 2.79. The summed E-state index contributed by atoms with van der Waals surface area (Å²) >= 11 is -2.45. The zero-order valence-corrected chi connectivity index (χ0v) is 9.53. The molecule has 0 nitrogen and oxygen atoms in total. The fourth-order valence-corrected chi connectivity index (χ4v) is 4.39. The van der Waals surface area contributed by atoms with Crippen molar-refractivity contribution in [1.29, 1.82) is 0 Å². The van der Waals surface area contributed by atoms with Crippen molar-refractivity contribution in [2.75, 3.05) is 0 Å². The van der Waals surface area contributed by atoms with Gasteiger partial charge in [-0.25, -0.2) is 0 Å². The first kappa shape index (κ1) is 8.88. The summed E-state index contributed by atoms with van der Waals surface area (Å²) in [6.07, 6.45) is 0. The van der Waals surface area contributed by atoms with Gasteiger partial charge in [0.1, 0.15) is 0 Å². The fraction of sp³-hybridized carbons (Fsp3) is 0. The molecule has 0 aromatic heterocycles. The van der Waals surface area contributed by atoms with Crippen LogP contribution in [0, 0.1) is 0 Å². The maximum absolute atomic E-state index is 3.73. The van der Waals surface area contributed by atoms with E-state index in [0.717, 1.165) is 0 Å². The molecule has 0 amide bonds. The van der Waals surface area contributed by atoms with Crippen molar-refractivity contribution in [3.8, 4) is 0 Å². The van der Waals surface area contributed by atoms with Crippen molar-refractivity contribution in [2.45, 2.75) is 0 Å². The predicted molar refractivity (Wildman–Crippen MR) is 46.5 cm³/mol.